The van der Waals surface area contributed by atoms with E-state index in [1.807, 2.05) is 0 Å². The number of hydrogen-bond acceptors (Lipinski definition) is 4. The van der Waals surface area contributed by atoms with E-state index in [2.05, 4.69) is 26.0 Å². The summed E-state index contributed by atoms with van der Waals surface area (Å²) in [5, 5.41) is 2.63. The van der Waals surface area contributed by atoms with Gasteiger partial charge in [0.2, 0.25) is 0 Å². The van der Waals surface area contributed by atoms with Crippen molar-refractivity contribution in [2.45, 2.75) is 11.8 Å². The molecule has 2 aromatic rings. The van der Waals surface area contributed by atoms with Crippen LogP contribution in [-0.4, -0.2) is 28.0 Å². The van der Waals surface area contributed by atoms with Crippen molar-refractivity contribution >= 4 is 37.5 Å². The first kappa shape index (κ1) is 18.3. The molecule has 1 amide bonds. The molecule has 128 valence electrons. The van der Waals surface area contributed by atoms with Crippen LogP contribution < -0.4 is 14.8 Å². The Labute approximate surface area is 149 Å². The number of benzene rings is 2. The number of hydrogen-bond donors (Lipinski definition) is 2. The van der Waals surface area contributed by atoms with Crippen LogP contribution in [0, 0.1) is 0 Å². The summed E-state index contributed by atoms with van der Waals surface area (Å²) in [5.74, 6) is -0.187. The fraction of sp³-hybridized carbons (Fsp3) is 0.188. The smallest absolute Gasteiger partial charge is 0.265 e. The fourth-order valence-electron chi connectivity index (χ4n) is 2.02. The van der Waals surface area contributed by atoms with Crippen LogP contribution in [0.1, 0.15) is 17.3 Å². The minimum Gasteiger partial charge on any atom is -0.495 e. The maximum atomic E-state index is 12.7. The van der Waals surface area contributed by atoms with Crippen molar-refractivity contribution in [3.05, 3.63) is 52.5 Å². The molecule has 0 fully saturated rings. The number of anilines is 1. The number of amides is 1. The van der Waals surface area contributed by atoms with Gasteiger partial charge in [0.15, 0.2) is 0 Å². The van der Waals surface area contributed by atoms with Crippen molar-refractivity contribution in [2.75, 3.05) is 18.4 Å². The summed E-state index contributed by atoms with van der Waals surface area (Å²) in [4.78, 5) is 11.8. The van der Waals surface area contributed by atoms with Crippen LogP contribution in [0.2, 0.25) is 0 Å². The van der Waals surface area contributed by atoms with E-state index < -0.39 is 10.0 Å². The highest BCUT2D eigenvalue weighted by Gasteiger charge is 2.21. The summed E-state index contributed by atoms with van der Waals surface area (Å²) in [6.07, 6.45) is 0. The maximum absolute atomic E-state index is 12.7. The molecule has 24 heavy (non-hydrogen) atoms. The van der Waals surface area contributed by atoms with E-state index >= 15 is 0 Å². The quantitative estimate of drug-likeness (QED) is 0.763. The zero-order valence-electron chi connectivity index (χ0n) is 13.2. The van der Waals surface area contributed by atoms with Crippen LogP contribution in [-0.2, 0) is 10.0 Å². The number of nitrogens with one attached hydrogen (secondary N) is 2. The molecular formula is C16H17BrN2O4S. The van der Waals surface area contributed by atoms with Gasteiger partial charge in [0.05, 0.1) is 7.11 Å². The third kappa shape index (κ3) is 4.27. The predicted molar refractivity (Wildman–Crippen MR) is 96.0 cm³/mol. The monoisotopic (exact) mass is 412 g/mol. The molecule has 2 N–H and O–H groups in total. The summed E-state index contributed by atoms with van der Waals surface area (Å²) in [5.41, 5.74) is 0.650. The number of rotatable bonds is 6. The van der Waals surface area contributed by atoms with Crippen molar-refractivity contribution < 1.29 is 17.9 Å². The molecular weight excluding hydrogens is 396 g/mol. The Hall–Kier alpha value is -2.06. The van der Waals surface area contributed by atoms with Gasteiger partial charge in [-0.1, -0.05) is 15.9 Å². The van der Waals surface area contributed by atoms with E-state index in [0.717, 1.165) is 4.47 Å². The van der Waals surface area contributed by atoms with Crippen LogP contribution in [0.4, 0.5) is 5.69 Å². The van der Waals surface area contributed by atoms with Crippen molar-refractivity contribution in [2.24, 2.45) is 0 Å². The molecule has 0 saturated heterocycles. The van der Waals surface area contributed by atoms with Gasteiger partial charge in [0, 0.05) is 22.3 Å². The average Bonchev–Trinajstić information content (AvgIpc) is 2.56. The normalized spacial score (nSPS) is 11.0. The molecule has 0 unspecified atom stereocenters. The Bertz CT molecular complexity index is 836. The molecule has 6 nitrogen and oxygen atoms in total. The van der Waals surface area contributed by atoms with Gasteiger partial charge in [-0.3, -0.25) is 9.52 Å². The number of carbonyl (C=O) groups excluding carboxylic acids is 1. The molecule has 0 aliphatic heterocycles. The molecule has 0 spiro atoms. The molecule has 0 bridgehead atoms. The Morgan fingerprint density at radius 3 is 2.42 bits per heavy atom. The summed E-state index contributed by atoms with van der Waals surface area (Å²) >= 11 is 3.29. The Balaban J connectivity index is 2.41. The first-order valence-electron chi connectivity index (χ1n) is 7.12. The van der Waals surface area contributed by atoms with Crippen molar-refractivity contribution in [1.29, 1.82) is 0 Å². The van der Waals surface area contributed by atoms with E-state index in [1.165, 1.54) is 25.3 Å². The Kier molecular flexibility index (Phi) is 5.84. The molecule has 0 heterocycles. The lowest BCUT2D eigenvalue weighted by Crippen LogP contribution is -2.23. The van der Waals surface area contributed by atoms with Crippen LogP contribution in [0.15, 0.2) is 51.8 Å². The third-order valence-electron chi connectivity index (χ3n) is 3.15. The molecule has 8 heteroatoms. The topological polar surface area (TPSA) is 84.5 Å². The SMILES string of the molecule is CCNC(=O)c1ccc(OC)c(S(=O)(=O)Nc2ccc(Br)cc2)c1. The number of carbonyl (C=O) groups is 1. The third-order valence-corrected chi connectivity index (χ3v) is 5.08. The first-order valence-corrected chi connectivity index (χ1v) is 9.39. The summed E-state index contributed by atoms with van der Waals surface area (Å²) < 4.78 is 33.8. The second-order valence-electron chi connectivity index (χ2n) is 4.84. The summed E-state index contributed by atoms with van der Waals surface area (Å²) in [6.45, 7) is 2.23. The molecule has 0 saturated carbocycles. The fourth-order valence-corrected chi connectivity index (χ4v) is 3.54. The van der Waals surface area contributed by atoms with E-state index in [4.69, 9.17) is 4.74 Å². The average molecular weight is 413 g/mol. The van der Waals surface area contributed by atoms with Crippen molar-refractivity contribution in [3.8, 4) is 5.75 Å². The number of sulfonamides is 1. The summed E-state index contributed by atoms with van der Waals surface area (Å²) in [7, 11) is -2.54. The minimum atomic E-state index is -3.91. The number of halogens is 1. The van der Waals surface area contributed by atoms with Gasteiger partial charge in [0.25, 0.3) is 15.9 Å². The van der Waals surface area contributed by atoms with E-state index in [0.29, 0.717) is 12.2 Å². The largest absolute Gasteiger partial charge is 0.495 e. The highest BCUT2D eigenvalue weighted by atomic mass is 79.9. The van der Waals surface area contributed by atoms with Gasteiger partial charge >= 0.3 is 0 Å². The highest BCUT2D eigenvalue weighted by Crippen LogP contribution is 2.27. The van der Waals surface area contributed by atoms with E-state index in [1.54, 1.807) is 31.2 Å². The number of ether oxygens (including phenoxy) is 1. The van der Waals surface area contributed by atoms with E-state index in [9.17, 15) is 13.2 Å². The lowest BCUT2D eigenvalue weighted by atomic mass is 10.2. The van der Waals surface area contributed by atoms with Gasteiger partial charge in [-0.05, 0) is 49.4 Å². The molecule has 0 atom stereocenters. The van der Waals surface area contributed by atoms with Gasteiger partial charge in [-0.2, -0.15) is 0 Å². The molecule has 0 aliphatic rings. The lowest BCUT2D eigenvalue weighted by Gasteiger charge is -2.13. The van der Waals surface area contributed by atoms with Gasteiger partial charge in [0.1, 0.15) is 10.6 Å². The Morgan fingerprint density at radius 2 is 1.83 bits per heavy atom. The standard InChI is InChI=1S/C16H17BrN2O4S/c1-3-18-16(20)11-4-9-14(23-2)15(10-11)24(21,22)19-13-7-5-12(17)6-8-13/h4-10,19H,3H2,1-2H3,(H,18,20). The predicted octanol–water partition coefficient (Wildman–Crippen LogP) is 3.01. The zero-order chi connectivity index (χ0) is 17.7. The van der Waals surface area contributed by atoms with Crippen LogP contribution >= 0.6 is 15.9 Å². The van der Waals surface area contributed by atoms with E-state index in [-0.39, 0.29) is 22.1 Å². The first-order chi connectivity index (χ1) is 11.4. The maximum Gasteiger partial charge on any atom is 0.265 e. The van der Waals surface area contributed by atoms with Gasteiger partial charge < -0.3 is 10.1 Å². The van der Waals surface area contributed by atoms with Crippen LogP contribution in [0.3, 0.4) is 0 Å². The zero-order valence-corrected chi connectivity index (χ0v) is 15.6. The lowest BCUT2D eigenvalue weighted by molar-refractivity contribution is 0.0955. The molecule has 2 rings (SSSR count). The van der Waals surface area contributed by atoms with Crippen molar-refractivity contribution in [1.82, 2.24) is 5.32 Å². The molecule has 2 aromatic carbocycles. The van der Waals surface area contributed by atoms with Crippen LogP contribution in [0.25, 0.3) is 0 Å². The molecule has 0 aliphatic carbocycles. The second kappa shape index (κ2) is 7.67. The molecule has 0 aromatic heterocycles. The van der Waals surface area contributed by atoms with Gasteiger partial charge in [-0.15, -0.1) is 0 Å². The highest BCUT2D eigenvalue weighted by molar-refractivity contribution is 9.10. The van der Waals surface area contributed by atoms with Crippen molar-refractivity contribution in [3.63, 3.8) is 0 Å². The summed E-state index contributed by atoms with van der Waals surface area (Å²) in [6, 6.07) is 11.0. The number of methoxy groups -OCH3 is 1. The second-order valence-corrected chi connectivity index (χ2v) is 7.40. The van der Waals surface area contributed by atoms with Gasteiger partial charge in [-0.25, -0.2) is 8.42 Å². The minimum absolute atomic E-state index is 0.100. The van der Waals surface area contributed by atoms with Crippen LogP contribution in [0.5, 0.6) is 5.75 Å². The Morgan fingerprint density at radius 1 is 1.17 bits per heavy atom. The molecule has 0 radical (unpaired) electrons.